The van der Waals surface area contributed by atoms with Crippen LogP contribution in [-0.4, -0.2) is 40.5 Å². The molecular weight excluding hydrogens is 412 g/mol. The Kier molecular flexibility index (Phi) is 7.00. The molecule has 0 heterocycles. The molecule has 0 atom stereocenters. The summed E-state index contributed by atoms with van der Waals surface area (Å²) in [6.45, 7) is 1.95. The van der Waals surface area contributed by atoms with Crippen LogP contribution in [0.15, 0.2) is 59.7 Å². The second-order valence-corrected chi connectivity index (χ2v) is 7.38. The first-order valence-corrected chi connectivity index (χ1v) is 10.1. The molecule has 2 aromatic carbocycles. The summed E-state index contributed by atoms with van der Waals surface area (Å²) >= 11 is 0. The third-order valence-electron chi connectivity index (χ3n) is 5.13. The number of benzene rings is 2. The maximum atomic E-state index is 13.1. The molecule has 164 valence electrons. The molecule has 0 saturated heterocycles. The van der Waals surface area contributed by atoms with E-state index in [1.807, 2.05) is 0 Å². The fraction of sp³-hybridized carbons (Fsp3) is 0.200. The van der Waals surface area contributed by atoms with Gasteiger partial charge in [-0.2, -0.15) is 0 Å². The van der Waals surface area contributed by atoms with E-state index in [2.05, 4.69) is 0 Å². The van der Waals surface area contributed by atoms with Gasteiger partial charge in [0.25, 0.3) is 0 Å². The van der Waals surface area contributed by atoms with Crippen LogP contribution in [0.1, 0.15) is 51.6 Å². The molecule has 32 heavy (non-hydrogen) atoms. The number of ether oxygens (including phenoxy) is 1. The van der Waals surface area contributed by atoms with Crippen LogP contribution < -0.4 is 0 Å². The number of carboxylic acid groups (broad SMARTS) is 2. The van der Waals surface area contributed by atoms with Crippen LogP contribution in [0.5, 0.6) is 0 Å². The van der Waals surface area contributed by atoms with Crippen LogP contribution in [-0.2, 0) is 14.3 Å². The van der Waals surface area contributed by atoms with Crippen LogP contribution in [0.3, 0.4) is 0 Å². The molecule has 7 nitrogen and oxygen atoms in total. The number of esters is 1. The van der Waals surface area contributed by atoms with Crippen LogP contribution >= 0.6 is 0 Å². The monoisotopic (exact) mass is 434 g/mol. The Hall–Kier alpha value is -4.00. The smallest absolute Gasteiger partial charge is 0.335 e. The highest BCUT2D eigenvalue weighted by atomic mass is 16.5. The Labute approximate surface area is 184 Å². The molecule has 2 aromatic rings. The number of allylic oxidation sites excluding steroid dienone is 2. The molecule has 0 aliphatic heterocycles. The molecule has 1 aliphatic carbocycles. The van der Waals surface area contributed by atoms with E-state index >= 15 is 0 Å². The molecule has 0 aromatic heterocycles. The number of carbonyl (C=O) groups is 4. The summed E-state index contributed by atoms with van der Waals surface area (Å²) in [5.41, 5.74) is 2.41. The van der Waals surface area contributed by atoms with E-state index in [4.69, 9.17) is 14.9 Å². The fourth-order valence-corrected chi connectivity index (χ4v) is 3.52. The first kappa shape index (κ1) is 22.7. The standard InChI is InChI=1S/C25H22O7/c1-2-32-25(31)21-13-19(11-15-3-7-17(8-4-15)23(27)28)22(26)20(14-21)12-16-5-9-18(10-6-16)24(29)30/h3-12,21H,2,13-14H2,1H3,(H,27,28)(H,29,30)/b19-11-,20-12-. The Morgan fingerprint density at radius 3 is 1.59 bits per heavy atom. The third kappa shape index (κ3) is 5.37. The first-order valence-electron chi connectivity index (χ1n) is 10.1. The summed E-state index contributed by atoms with van der Waals surface area (Å²) in [4.78, 5) is 47.7. The van der Waals surface area contributed by atoms with Crippen LogP contribution in [0.25, 0.3) is 12.2 Å². The second-order valence-electron chi connectivity index (χ2n) is 7.38. The highest BCUT2D eigenvalue weighted by molar-refractivity contribution is 6.15. The lowest BCUT2D eigenvalue weighted by atomic mass is 9.79. The average molecular weight is 434 g/mol. The van der Waals surface area contributed by atoms with Crippen LogP contribution in [0.2, 0.25) is 0 Å². The van der Waals surface area contributed by atoms with Crippen LogP contribution in [0.4, 0.5) is 0 Å². The summed E-state index contributed by atoms with van der Waals surface area (Å²) < 4.78 is 5.16. The SMILES string of the molecule is CCOC(=O)C1C/C(=C/c2ccc(C(=O)O)cc2)C(=O)/C(=C\c2ccc(C(=O)O)cc2)C1. The van der Waals surface area contributed by atoms with Gasteiger partial charge in [0.1, 0.15) is 0 Å². The number of carbonyl (C=O) groups excluding carboxylic acids is 2. The third-order valence-corrected chi connectivity index (χ3v) is 5.13. The highest BCUT2D eigenvalue weighted by Gasteiger charge is 2.33. The van der Waals surface area contributed by atoms with E-state index in [0.717, 1.165) is 0 Å². The summed E-state index contributed by atoms with van der Waals surface area (Å²) in [7, 11) is 0. The molecule has 7 heteroatoms. The molecule has 0 spiro atoms. The zero-order chi connectivity index (χ0) is 23.3. The van der Waals surface area contributed by atoms with E-state index in [1.54, 1.807) is 43.3 Å². The van der Waals surface area contributed by atoms with Crippen molar-refractivity contribution in [2.45, 2.75) is 19.8 Å². The van der Waals surface area contributed by atoms with E-state index < -0.39 is 17.9 Å². The Balaban J connectivity index is 1.95. The molecule has 0 bridgehead atoms. The van der Waals surface area contributed by atoms with Crippen molar-refractivity contribution in [1.82, 2.24) is 0 Å². The Bertz CT molecular complexity index is 1030. The quantitative estimate of drug-likeness (QED) is 0.519. The van der Waals surface area contributed by atoms with Gasteiger partial charge in [-0.25, -0.2) is 9.59 Å². The molecule has 1 fully saturated rings. The number of Topliss-reactive ketones (excluding diaryl/α,β-unsaturated/α-hetero) is 1. The summed E-state index contributed by atoms with van der Waals surface area (Å²) in [6.07, 6.45) is 3.74. The van der Waals surface area contributed by atoms with Gasteiger partial charge in [-0.05, 0) is 67.3 Å². The number of hydrogen-bond donors (Lipinski definition) is 2. The van der Waals surface area contributed by atoms with Gasteiger partial charge in [0, 0.05) is 11.1 Å². The Morgan fingerprint density at radius 2 is 1.25 bits per heavy atom. The summed E-state index contributed by atoms with van der Waals surface area (Å²) in [6, 6.07) is 12.2. The number of ketones is 1. The fourth-order valence-electron chi connectivity index (χ4n) is 3.52. The van der Waals surface area contributed by atoms with Gasteiger partial charge >= 0.3 is 17.9 Å². The number of aromatic carboxylic acids is 2. The van der Waals surface area contributed by atoms with E-state index in [9.17, 15) is 19.2 Å². The molecular formula is C25H22O7. The van der Waals surface area contributed by atoms with Crippen molar-refractivity contribution in [3.8, 4) is 0 Å². The predicted molar refractivity (Wildman–Crippen MR) is 117 cm³/mol. The summed E-state index contributed by atoms with van der Waals surface area (Å²) in [5, 5.41) is 18.1. The topological polar surface area (TPSA) is 118 Å². The first-order chi connectivity index (χ1) is 15.3. The van der Waals surface area contributed by atoms with Crippen molar-refractivity contribution in [1.29, 1.82) is 0 Å². The van der Waals surface area contributed by atoms with Crippen molar-refractivity contribution in [2.24, 2.45) is 5.92 Å². The predicted octanol–water partition coefficient (Wildman–Crippen LogP) is 4.09. The molecule has 2 N–H and O–H groups in total. The minimum Gasteiger partial charge on any atom is -0.478 e. The number of hydrogen-bond acceptors (Lipinski definition) is 5. The van der Waals surface area contributed by atoms with E-state index in [0.29, 0.717) is 22.3 Å². The van der Waals surface area contributed by atoms with Gasteiger partial charge in [-0.1, -0.05) is 24.3 Å². The molecule has 1 aliphatic rings. The lowest BCUT2D eigenvalue weighted by Gasteiger charge is -2.24. The normalized spacial score (nSPS) is 18.5. The Morgan fingerprint density at radius 1 is 0.844 bits per heavy atom. The van der Waals surface area contributed by atoms with Gasteiger partial charge < -0.3 is 14.9 Å². The van der Waals surface area contributed by atoms with Crippen molar-refractivity contribution in [3.63, 3.8) is 0 Å². The van der Waals surface area contributed by atoms with Crippen molar-refractivity contribution in [3.05, 3.63) is 81.9 Å². The molecule has 3 rings (SSSR count). The largest absolute Gasteiger partial charge is 0.478 e. The minimum atomic E-state index is -1.04. The number of carboxylic acids is 2. The molecule has 1 saturated carbocycles. The second kappa shape index (κ2) is 9.87. The lowest BCUT2D eigenvalue weighted by molar-refractivity contribution is -0.148. The minimum absolute atomic E-state index is 0.136. The van der Waals surface area contributed by atoms with Gasteiger partial charge in [-0.3, -0.25) is 9.59 Å². The summed E-state index contributed by atoms with van der Waals surface area (Å²) in [5.74, 6) is -3.21. The van der Waals surface area contributed by atoms with Crippen molar-refractivity contribution >= 4 is 35.8 Å². The zero-order valence-electron chi connectivity index (χ0n) is 17.4. The van der Waals surface area contributed by atoms with Gasteiger partial charge in [0.2, 0.25) is 0 Å². The van der Waals surface area contributed by atoms with E-state index in [-0.39, 0.29) is 42.3 Å². The van der Waals surface area contributed by atoms with Gasteiger partial charge in [0.15, 0.2) is 5.78 Å². The highest BCUT2D eigenvalue weighted by Crippen LogP contribution is 2.33. The molecule has 0 radical (unpaired) electrons. The van der Waals surface area contributed by atoms with Crippen molar-refractivity contribution in [2.75, 3.05) is 6.61 Å². The zero-order valence-corrected chi connectivity index (χ0v) is 17.4. The van der Waals surface area contributed by atoms with Crippen molar-refractivity contribution < 1.29 is 34.1 Å². The molecule has 0 amide bonds. The number of rotatable bonds is 6. The lowest BCUT2D eigenvalue weighted by Crippen LogP contribution is -2.27. The molecule has 0 unspecified atom stereocenters. The maximum absolute atomic E-state index is 13.1. The van der Waals surface area contributed by atoms with Crippen LogP contribution in [0, 0.1) is 5.92 Å². The van der Waals surface area contributed by atoms with Gasteiger partial charge in [-0.15, -0.1) is 0 Å². The van der Waals surface area contributed by atoms with E-state index in [1.165, 1.54) is 24.3 Å². The van der Waals surface area contributed by atoms with Gasteiger partial charge in [0.05, 0.1) is 23.7 Å². The average Bonchev–Trinajstić information content (AvgIpc) is 2.77. The maximum Gasteiger partial charge on any atom is 0.335 e.